The molecule has 6 heteroatoms. The van der Waals surface area contributed by atoms with Gasteiger partial charge in [-0.25, -0.2) is 0 Å². The maximum Gasteiger partial charge on any atom is 0.306 e. The third-order valence-electron chi connectivity index (χ3n) is 10.6. The van der Waals surface area contributed by atoms with Crippen LogP contribution in [0, 0.1) is 0 Å². The minimum Gasteiger partial charge on any atom is -0.462 e. The molecule has 0 aliphatic rings. The first-order valence-electron chi connectivity index (χ1n) is 25.8. The monoisotopic (exact) mass is 875 g/mol. The molecule has 0 rings (SSSR count). The van der Waals surface area contributed by atoms with Crippen LogP contribution in [-0.4, -0.2) is 37.2 Å². The molecule has 0 aromatic heterocycles. The van der Waals surface area contributed by atoms with Gasteiger partial charge in [-0.15, -0.1) is 0 Å². The van der Waals surface area contributed by atoms with Gasteiger partial charge < -0.3 is 14.2 Å². The van der Waals surface area contributed by atoms with Crippen LogP contribution >= 0.6 is 0 Å². The third-order valence-corrected chi connectivity index (χ3v) is 10.6. The average molecular weight is 875 g/mol. The zero-order valence-corrected chi connectivity index (χ0v) is 40.8. The molecule has 0 heterocycles. The van der Waals surface area contributed by atoms with Gasteiger partial charge in [-0.3, -0.25) is 14.4 Å². The summed E-state index contributed by atoms with van der Waals surface area (Å²) in [6.45, 7) is 6.30. The molecule has 63 heavy (non-hydrogen) atoms. The van der Waals surface area contributed by atoms with Gasteiger partial charge in [0.25, 0.3) is 0 Å². The van der Waals surface area contributed by atoms with Crippen molar-refractivity contribution >= 4 is 17.9 Å². The van der Waals surface area contributed by atoms with E-state index in [1.807, 2.05) is 6.08 Å². The Labute approximate surface area is 387 Å². The Kier molecular flexibility index (Phi) is 48.0. The fourth-order valence-corrected chi connectivity index (χ4v) is 6.80. The van der Waals surface area contributed by atoms with Crippen molar-refractivity contribution in [2.75, 3.05) is 13.2 Å². The summed E-state index contributed by atoms with van der Waals surface area (Å²) in [4.78, 5) is 37.9. The van der Waals surface area contributed by atoms with Gasteiger partial charge in [0.05, 0.1) is 0 Å². The number of allylic oxidation sites excluding steroid dienone is 16. The molecule has 0 aliphatic carbocycles. The highest BCUT2D eigenvalue weighted by Crippen LogP contribution is 2.14. The quantitative estimate of drug-likeness (QED) is 0.0199. The Morgan fingerprint density at radius 1 is 0.349 bits per heavy atom. The summed E-state index contributed by atoms with van der Waals surface area (Å²) in [6, 6.07) is 0. The van der Waals surface area contributed by atoms with Crippen LogP contribution in [0.1, 0.15) is 226 Å². The molecule has 1 atom stereocenters. The number of hydrogen-bond acceptors (Lipinski definition) is 6. The number of carbonyl (C=O) groups is 3. The van der Waals surface area contributed by atoms with E-state index in [9.17, 15) is 14.4 Å². The summed E-state index contributed by atoms with van der Waals surface area (Å²) in [5.74, 6) is -1.01. The van der Waals surface area contributed by atoms with Gasteiger partial charge in [0, 0.05) is 19.3 Å². The second-order valence-corrected chi connectivity index (χ2v) is 16.7. The molecule has 0 N–H and O–H groups in total. The summed E-state index contributed by atoms with van der Waals surface area (Å²) in [5, 5.41) is 0. The minimum absolute atomic E-state index is 0.107. The molecule has 1 unspecified atom stereocenters. The van der Waals surface area contributed by atoms with E-state index in [1.54, 1.807) is 0 Å². The summed E-state index contributed by atoms with van der Waals surface area (Å²) in [5.41, 5.74) is 0. The lowest BCUT2D eigenvalue weighted by molar-refractivity contribution is -0.166. The van der Waals surface area contributed by atoms with Gasteiger partial charge in [0.1, 0.15) is 13.2 Å². The Bertz CT molecular complexity index is 1280. The first kappa shape index (κ1) is 59.3. The predicted molar refractivity (Wildman–Crippen MR) is 270 cm³/mol. The van der Waals surface area contributed by atoms with Crippen LogP contribution in [0.15, 0.2) is 97.2 Å². The van der Waals surface area contributed by atoms with Crippen molar-refractivity contribution in [3.8, 4) is 0 Å². The van der Waals surface area contributed by atoms with Crippen LogP contribution in [0.2, 0.25) is 0 Å². The molecule has 0 aromatic carbocycles. The Balaban J connectivity index is 4.44. The summed E-state index contributed by atoms with van der Waals surface area (Å²) in [6.07, 6.45) is 66.9. The second-order valence-electron chi connectivity index (χ2n) is 16.7. The van der Waals surface area contributed by atoms with Crippen LogP contribution in [0.3, 0.4) is 0 Å². The van der Waals surface area contributed by atoms with Crippen molar-refractivity contribution in [2.24, 2.45) is 0 Å². The molecule has 0 aromatic rings. The van der Waals surface area contributed by atoms with Gasteiger partial charge in [-0.05, 0) is 89.9 Å². The molecular weight excluding hydrogens is 781 g/mol. The smallest absolute Gasteiger partial charge is 0.306 e. The largest absolute Gasteiger partial charge is 0.462 e. The van der Waals surface area contributed by atoms with Gasteiger partial charge in [0.15, 0.2) is 6.10 Å². The van der Waals surface area contributed by atoms with Gasteiger partial charge >= 0.3 is 17.9 Å². The van der Waals surface area contributed by atoms with Crippen LogP contribution in [-0.2, 0) is 28.6 Å². The van der Waals surface area contributed by atoms with Crippen molar-refractivity contribution in [3.05, 3.63) is 97.2 Å². The van der Waals surface area contributed by atoms with E-state index in [2.05, 4.69) is 112 Å². The molecule has 0 aliphatic heterocycles. The van der Waals surface area contributed by atoms with Crippen molar-refractivity contribution in [1.29, 1.82) is 0 Å². The van der Waals surface area contributed by atoms with E-state index in [0.29, 0.717) is 19.3 Å². The lowest BCUT2D eigenvalue weighted by atomic mass is 10.1. The maximum absolute atomic E-state index is 12.8. The first-order valence-corrected chi connectivity index (χ1v) is 25.8. The zero-order chi connectivity index (χ0) is 45.8. The summed E-state index contributed by atoms with van der Waals surface area (Å²) in [7, 11) is 0. The Hall–Kier alpha value is -3.67. The van der Waals surface area contributed by atoms with Gasteiger partial charge in [-0.1, -0.05) is 214 Å². The lowest BCUT2D eigenvalue weighted by Crippen LogP contribution is -2.30. The van der Waals surface area contributed by atoms with Crippen molar-refractivity contribution in [3.63, 3.8) is 0 Å². The number of hydrogen-bond donors (Lipinski definition) is 0. The number of ether oxygens (including phenoxy) is 3. The summed E-state index contributed by atoms with van der Waals surface area (Å²) < 4.78 is 16.7. The molecule has 0 bridgehead atoms. The zero-order valence-electron chi connectivity index (χ0n) is 40.8. The van der Waals surface area contributed by atoms with E-state index in [0.717, 1.165) is 96.3 Å². The highest BCUT2D eigenvalue weighted by Gasteiger charge is 2.19. The Morgan fingerprint density at radius 3 is 1.24 bits per heavy atom. The standard InChI is InChI=1S/C57H94O6/c1-4-7-10-13-16-19-22-25-26-27-28-29-30-33-35-38-41-44-47-50-56(59)62-53-54(63-57(60)51-48-45-42-39-36-32-24-21-18-15-12-9-6-3)52-61-55(58)49-46-43-40-37-34-31-23-20-17-14-11-8-5-2/h7,9-10,12,15-16,18-19,21,24-26,31,34,40,43,54H,4-6,8,11,13-14,17,20,22-23,27-30,32-33,35-39,41-42,44-53H2,1-3H3/b10-7+,12-9+,18-15+,19-16+,24-21+,26-25+,34-31+,43-40+. The van der Waals surface area contributed by atoms with E-state index in [1.165, 1.54) is 83.5 Å². The highest BCUT2D eigenvalue weighted by molar-refractivity contribution is 5.71. The maximum atomic E-state index is 12.8. The topological polar surface area (TPSA) is 78.9 Å². The van der Waals surface area contributed by atoms with E-state index in [4.69, 9.17) is 14.2 Å². The number of unbranched alkanes of at least 4 members (excludes halogenated alkanes) is 20. The molecule has 6 nitrogen and oxygen atoms in total. The van der Waals surface area contributed by atoms with Crippen LogP contribution in [0.25, 0.3) is 0 Å². The molecule has 0 spiro atoms. The van der Waals surface area contributed by atoms with Gasteiger partial charge in [0.2, 0.25) is 0 Å². The average Bonchev–Trinajstić information content (AvgIpc) is 3.28. The normalized spacial score (nSPS) is 12.9. The molecular formula is C57H94O6. The molecule has 0 amide bonds. The van der Waals surface area contributed by atoms with Crippen LogP contribution < -0.4 is 0 Å². The highest BCUT2D eigenvalue weighted by atomic mass is 16.6. The van der Waals surface area contributed by atoms with Gasteiger partial charge in [-0.2, -0.15) is 0 Å². The van der Waals surface area contributed by atoms with Crippen LogP contribution in [0.4, 0.5) is 0 Å². The number of rotatable bonds is 45. The van der Waals surface area contributed by atoms with E-state index < -0.39 is 6.10 Å². The molecule has 0 saturated heterocycles. The van der Waals surface area contributed by atoms with Crippen molar-refractivity contribution < 1.29 is 28.6 Å². The molecule has 0 saturated carbocycles. The molecule has 358 valence electrons. The van der Waals surface area contributed by atoms with Crippen molar-refractivity contribution in [2.45, 2.75) is 232 Å². The van der Waals surface area contributed by atoms with Crippen LogP contribution in [0.5, 0.6) is 0 Å². The fraction of sp³-hybridized carbons (Fsp3) is 0.667. The van der Waals surface area contributed by atoms with Crippen molar-refractivity contribution in [1.82, 2.24) is 0 Å². The number of carbonyl (C=O) groups excluding carboxylic acids is 3. The fourth-order valence-electron chi connectivity index (χ4n) is 6.80. The summed E-state index contributed by atoms with van der Waals surface area (Å²) >= 11 is 0. The molecule has 0 fully saturated rings. The second kappa shape index (κ2) is 51.0. The minimum atomic E-state index is -0.813. The third kappa shape index (κ3) is 49.2. The Morgan fingerprint density at radius 2 is 0.730 bits per heavy atom. The predicted octanol–water partition coefficient (Wildman–Crippen LogP) is 17.0. The first-order chi connectivity index (χ1) is 31.0. The number of esters is 3. The lowest BCUT2D eigenvalue weighted by Gasteiger charge is -2.18. The van der Waals surface area contributed by atoms with E-state index >= 15 is 0 Å². The molecule has 0 radical (unpaired) electrons. The van der Waals surface area contributed by atoms with E-state index in [-0.39, 0.29) is 37.5 Å². The SMILES string of the molecule is CC/C=C/C=C/C=C/CCCCCCCC(=O)OC(COC(=O)CC/C=C/C/C=C/CCCCCCCC)COC(=O)CCCCCCCCCCC/C=C/C/C=C/C/C=C/CC.